The molecule has 0 saturated carbocycles. The van der Waals surface area contributed by atoms with Crippen molar-refractivity contribution in [3.63, 3.8) is 0 Å². The lowest BCUT2D eigenvalue weighted by Crippen LogP contribution is -1.97. The highest BCUT2D eigenvalue weighted by Gasteiger charge is 2.13. The van der Waals surface area contributed by atoms with Crippen LogP contribution in [0.15, 0.2) is 48.5 Å². The Labute approximate surface area is 117 Å². The molecule has 0 radical (unpaired) electrons. The summed E-state index contributed by atoms with van der Waals surface area (Å²) in [4.78, 5) is 0.236. The van der Waals surface area contributed by atoms with Gasteiger partial charge in [-0.1, -0.05) is 59.3 Å². The molecule has 0 aliphatic rings. The van der Waals surface area contributed by atoms with E-state index in [4.69, 9.17) is 4.74 Å². The number of methoxy groups -OCH3 is 1. The van der Waals surface area contributed by atoms with Crippen molar-refractivity contribution in [1.29, 1.82) is 0 Å². The third kappa shape index (κ3) is 2.75. The molecule has 94 valence electrons. The van der Waals surface area contributed by atoms with E-state index in [1.54, 1.807) is 7.11 Å². The Kier molecular flexibility index (Phi) is 4.43. The number of benzene rings is 2. The first-order valence-corrected chi connectivity index (χ1v) is 7.03. The molecular weight excluding hydrogens is 288 g/mol. The number of halogens is 1. The number of rotatable bonds is 4. The highest BCUT2D eigenvalue weighted by molar-refractivity contribution is 9.09. The Balaban J connectivity index is 2.31. The second-order valence-electron chi connectivity index (χ2n) is 4.19. The van der Waals surface area contributed by atoms with Crippen molar-refractivity contribution >= 4 is 15.9 Å². The van der Waals surface area contributed by atoms with Crippen LogP contribution in [0.1, 0.15) is 28.4 Å². The first-order valence-electron chi connectivity index (χ1n) is 6.12. The van der Waals surface area contributed by atoms with E-state index in [0.717, 1.165) is 12.2 Å². The molecule has 1 nitrogen and oxygen atoms in total. The van der Waals surface area contributed by atoms with Gasteiger partial charge in [0.25, 0.3) is 0 Å². The Bertz CT molecular complexity index is 505. The largest absolute Gasteiger partial charge is 0.497 e. The Morgan fingerprint density at radius 2 is 1.72 bits per heavy atom. The molecule has 2 aromatic rings. The molecule has 2 heteroatoms. The molecule has 0 aliphatic heterocycles. The van der Waals surface area contributed by atoms with Crippen LogP contribution in [0.2, 0.25) is 0 Å². The first kappa shape index (κ1) is 13.2. The van der Waals surface area contributed by atoms with Gasteiger partial charge in [0.1, 0.15) is 5.75 Å². The summed E-state index contributed by atoms with van der Waals surface area (Å²) < 4.78 is 5.18. The number of hydrogen-bond donors (Lipinski definition) is 0. The van der Waals surface area contributed by atoms with Gasteiger partial charge in [0.05, 0.1) is 11.9 Å². The lowest BCUT2D eigenvalue weighted by Gasteiger charge is -2.15. The SMILES string of the molecule is CCc1ccccc1C(Br)c1ccc(OC)cc1. The van der Waals surface area contributed by atoms with E-state index in [9.17, 15) is 0 Å². The van der Waals surface area contributed by atoms with Gasteiger partial charge in [0, 0.05) is 0 Å². The number of ether oxygens (including phenoxy) is 1. The maximum Gasteiger partial charge on any atom is 0.118 e. The van der Waals surface area contributed by atoms with E-state index in [1.807, 2.05) is 12.1 Å². The lowest BCUT2D eigenvalue weighted by molar-refractivity contribution is 0.414. The molecule has 0 bridgehead atoms. The summed E-state index contributed by atoms with van der Waals surface area (Å²) in [7, 11) is 1.69. The van der Waals surface area contributed by atoms with E-state index in [1.165, 1.54) is 16.7 Å². The van der Waals surface area contributed by atoms with Crippen molar-refractivity contribution in [1.82, 2.24) is 0 Å². The molecule has 2 aromatic carbocycles. The molecule has 0 amide bonds. The summed E-state index contributed by atoms with van der Waals surface area (Å²) in [6.07, 6.45) is 1.05. The van der Waals surface area contributed by atoms with Crippen molar-refractivity contribution in [3.8, 4) is 5.75 Å². The van der Waals surface area contributed by atoms with Crippen LogP contribution < -0.4 is 4.74 Å². The smallest absolute Gasteiger partial charge is 0.118 e. The molecule has 18 heavy (non-hydrogen) atoms. The van der Waals surface area contributed by atoms with E-state index in [0.29, 0.717) is 0 Å². The Morgan fingerprint density at radius 1 is 1.06 bits per heavy atom. The predicted molar refractivity (Wildman–Crippen MR) is 79.6 cm³/mol. The van der Waals surface area contributed by atoms with Crippen molar-refractivity contribution in [2.75, 3.05) is 7.11 Å². The van der Waals surface area contributed by atoms with Crippen molar-refractivity contribution in [2.45, 2.75) is 18.2 Å². The van der Waals surface area contributed by atoms with Crippen molar-refractivity contribution in [2.24, 2.45) is 0 Å². The summed E-state index contributed by atoms with van der Waals surface area (Å²) in [5.74, 6) is 0.891. The zero-order chi connectivity index (χ0) is 13.0. The second kappa shape index (κ2) is 6.05. The van der Waals surface area contributed by atoms with E-state index in [2.05, 4.69) is 59.3 Å². The highest BCUT2D eigenvalue weighted by atomic mass is 79.9. The maximum absolute atomic E-state index is 5.18. The van der Waals surface area contributed by atoms with Crippen LogP contribution in [-0.4, -0.2) is 7.11 Å². The van der Waals surface area contributed by atoms with Gasteiger partial charge in [-0.15, -0.1) is 0 Å². The fraction of sp³-hybridized carbons (Fsp3) is 0.250. The molecule has 2 rings (SSSR count). The van der Waals surface area contributed by atoms with Gasteiger partial charge in [-0.3, -0.25) is 0 Å². The van der Waals surface area contributed by atoms with Crippen molar-refractivity contribution in [3.05, 3.63) is 65.2 Å². The molecule has 1 unspecified atom stereocenters. The van der Waals surface area contributed by atoms with Crippen LogP contribution in [0.5, 0.6) is 5.75 Å². The van der Waals surface area contributed by atoms with Crippen LogP contribution in [0, 0.1) is 0 Å². The predicted octanol–water partition coefficient (Wildman–Crippen LogP) is 4.74. The molecule has 0 saturated heterocycles. The summed E-state index contributed by atoms with van der Waals surface area (Å²) >= 11 is 3.79. The average molecular weight is 305 g/mol. The highest BCUT2D eigenvalue weighted by Crippen LogP contribution is 2.33. The van der Waals surface area contributed by atoms with Crippen LogP contribution in [0.25, 0.3) is 0 Å². The second-order valence-corrected chi connectivity index (χ2v) is 5.10. The number of alkyl halides is 1. The minimum Gasteiger partial charge on any atom is -0.497 e. The van der Waals surface area contributed by atoms with Crippen LogP contribution in [0.4, 0.5) is 0 Å². The third-order valence-electron chi connectivity index (χ3n) is 3.12. The Hall–Kier alpha value is -1.28. The van der Waals surface area contributed by atoms with Gasteiger partial charge >= 0.3 is 0 Å². The summed E-state index contributed by atoms with van der Waals surface area (Å²) in [5.41, 5.74) is 3.97. The zero-order valence-electron chi connectivity index (χ0n) is 10.7. The molecule has 0 aromatic heterocycles. The fourth-order valence-corrected chi connectivity index (χ4v) is 2.81. The molecule has 0 fully saturated rings. The van der Waals surface area contributed by atoms with Gasteiger partial charge in [0.15, 0.2) is 0 Å². The number of aryl methyl sites for hydroxylation is 1. The van der Waals surface area contributed by atoms with E-state index in [-0.39, 0.29) is 4.83 Å². The maximum atomic E-state index is 5.18. The lowest BCUT2D eigenvalue weighted by atomic mass is 9.98. The fourth-order valence-electron chi connectivity index (χ4n) is 2.06. The third-order valence-corrected chi connectivity index (χ3v) is 4.14. The molecule has 0 N–H and O–H groups in total. The minimum absolute atomic E-state index is 0.236. The van der Waals surface area contributed by atoms with Crippen LogP contribution >= 0.6 is 15.9 Å². The van der Waals surface area contributed by atoms with Gasteiger partial charge < -0.3 is 4.74 Å². The minimum atomic E-state index is 0.236. The Morgan fingerprint density at radius 3 is 2.33 bits per heavy atom. The monoisotopic (exact) mass is 304 g/mol. The number of hydrogen-bond acceptors (Lipinski definition) is 1. The zero-order valence-corrected chi connectivity index (χ0v) is 12.3. The molecular formula is C16H17BrO. The normalized spacial score (nSPS) is 12.2. The van der Waals surface area contributed by atoms with Crippen molar-refractivity contribution < 1.29 is 4.74 Å². The van der Waals surface area contributed by atoms with E-state index < -0.39 is 0 Å². The average Bonchev–Trinajstić information content (AvgIpc) is 2.46. The van der Waals surface area contributed by atoms with Crippen LogP contribution in [0.3, 0.4) is 0 Å². The van der Waals surface area contributed by atoms with Gasteiger partial charge in [0.2, 0.25) is 0 Å². The van der Waals surface area contributed by atoms with Gasteiger partial charge in [-0.2, -0.15) is 0 Å². The summed E-state index contributed by atoms with van der Waals surface area (Å²) in [6.45, 7) is 2.19. The molecule has 0 spiro atoms. The quantitative estimate of drug-likeness (QED) is 0.741. The molecule has 1 atom stereocenters. The van der Waals surface area contributed by atoms with Gasteiger partial charge in [-0.25, -0.2) is 0 Å². The standard InChI is InChI=1S/C16H17BrO/c1-3-12-6-4-5-7-15(12)16(17)13-8-10-14(18-2)11-9-13/h4-11,16H,3H2,1-2H3. The van der Waals surface area contributed by atoms with Crippen LogP contribution in [-0.2, 0) is 6.42 Å². The topological polar surface area (TPSA) is 9.23 Å². The van der Waals surface area contributed by atoms with Gasteiger partial charge in [-0.05, 0) is 35.2 Å². The first-order chi connectivity index (χ1) is 8.76. The summed E-state index contributed by atoms with van der Waals surface area (Å²) in [6, 6.07) is 16.8. The summed E-state index contributed by atoms with van der Waals surface area (Å²) in [5, 5.41) is 0. The molecule has 0 heterocycles. The van der Waals surface area contributed by atoms with E-state index >= 15 is 0 Å². The molecule has 0 aliphatic carbocycles.